The lowest BCUT2D eigenvalue weighted by molar-refractivity contribution is -0.125. The number of para-hydroxylation sites is 1. The van der Waals surface area contributed by atoms with Crippen LogP contribution in [0.2, 0.25) is 0 Å². The Kier molecular flexibility index (Phi) is 5.63. The molecule has 2 aliphatic rings. The highest BCUT2D eigenvalue weighted by molar-refractivity contribution is 5.94. The molecule has 170 valence electrons. The van der Waals surface area contributed by atoms with Gasteiger partial charge in [-0.3, -0.25) is 19.5 Å². The van der Waals surface area contributed by atoms with Crippen LogP contribution in [0.4, 0.5) is 5.82 Å². The number of carbonyl (C=O) groups is 2. The number of anilines is 1. The van der Waals surface area contributed by atoms with Crippen LogP contribution >= 0.6 is 0 Å². The van der Waals surface area contributed by atoms with E-state index in [0.29, 0.717) is 43.4 Å². The van der Waals surface area contributed by atoms with E-state index >= 15 is 0 Å². The monoisotopic (exact) mass is 445 g/mol. The van der Waals surface area contributed by atoms with E-state index in [1.165, 1.54) is 0 Å². The molecule has 1 unspecified atom stereocenters. The molecule has 0 saturated carbocycles. The Morgan fingerprint density at radius 3 is 2.73 bits per heavy atom. The van der Waals surface area contributed by atoms with Gasteiger partial charge in [0.05, 0.1) is 24.2 Å². The first kappa shape index (κ1) is 21.3. The van der Waals surface area contributed by atoms with Gasteiger partial charge >= 0.3 is 0 Å². The maximum Gasteiger partial charge on any atom is 0.255 e. The summed E-state index contributed by atoms with van der Waals surface area (Å²) < 4.78 is 0. The Hall–Kier alpha value is -3.59. The zero-order valence-corrected chi connectivity index (χ0v) is 18.7. The Bertz CT molecular complexity index is 1180. The highest BCUT2D eigenvalue weighted by atomic mass is 16.2. The summed E-state index contributed by atoms with van der Waals surface area (Å²) in [6.07, 6.45) is 2.88. The van der Waals surface area contributed by atoms with Gasteiger partial charge in [-0.05, 0) is 30.2 Å². The summed E-state index contributed by atoms with van der Waals surface area (Å²) in [6, 6.07) is 10.9. The second-order valence-electron chi connectivity index (χ2n) is 8.86. The number of hydrogen-bond acceptors (Lipinski definition) is 7. The number of fused-ring (bicyclic) bond motifs is 5. The fraction of sp³-hybridized carbons (Fsp3) is 0.375. The summed E-state index contributed by atoms with van der Waals surface area (Å²) in [5.74, 6) is 1.20. The van der Waals surface area contributed by atoms with Crippen LogP contribution in [0.25, 0.3) is 10.9 Å². The number of aromatic nitrogens is 3. The number of pyridine rings is 1. The predicted molar refractivity (Wildman–Crippen MR) is 124 cm³/mol. The number of piperazine rings is 1. The van der Waals surface area contributed by atoms with Crippen LogP contribution in [-0.2, 0) is 11.3 Å². The van der Waals surface area contributed by atoms with Crippen LogP contribution in [0, 0.1) is 5.92 Å². The van der Waals surface area contributed by atoms with E-state index in [1.807, 2.05) is 38.1 Å². The van der Waals surface area contributed by atoms with E-state index in [-0.39, 0.29) is 23.9 Å². The lowest BCUT2D eigenvalue weighted by Gasteiger charge is -2.42. The number of rotatable bonds is 2. The maximum atomic E-state index is 13.3. The number of nitrogens with one attached hydrogen (secondary N) is 2. The van der Waals surface area contributed by atoms with E-state index in [9.17, 15) is 9.59 Å². The van der Waals surface area contributed by atoms with Crippen molar-refractivity contribution < 1.29 is 9.59 Å². The molecule has 4 heterocycles. The first-order valence-corrected chi connectivity index (χ1v) is 11.3. The van der Waals surface area contributed by atoms with Crippen molar-refractivity contribution in [3.8, 4) is 0 Å². The summed E-state index contributed by atoms with van der Waals surface area (Å²) in [5.41, 5.74) is 1.39. The van der Waals surface area contributed by atoms with Crippen molar-refractivity contribution in [3.63, 3.8) is 0 Å². The molecule has 0 radical (unpaired) electrons. The average molecular weight is 446 g/mol. The largest absolute Gasteiger partial charge is 0.358 e. The van der Waals surface area contributed by atoms with Crippen molar-refractivity contribution in [2.24, 2.45) is 5.92 Å². The van der Waals surface area contributed by atoms with Crippen LogP contribution < -0.4 is 10.6 Å². The Morgan fingerprint density at radius 1 is 1.09 bits per heavy atom. The second kappa shape index (κ2) is 8.74. The number of hydrogen-bond donors (Lipinski definition) is 2. The second-order valence-corrected chi connectivity index (χ2v) is 8.86. The first-order chi connectivity index (χ1) is 16.0. The first-order valence-electron chi connectivity index (χ1n) is 11.3. The molecule has 1 fully saturated rings. The van der Waals surface area contributed by atoms with E-state index in [1.54, 1.807) is 29.4 Å². The van der Waals surface area contributed by atoms with Gasteiger partial charge in [0, 0.05) is 30.9 Å². The summed E-state index contributed by atoms with van der Waals surface area (Å²) in [7, 11) is 0. The maximum absolute atomic E-state index is 13.3. The topological polar surface area (TPSA) is 103 Å². The molecule has 3 aromatic rings. The van der Waals surface area contributed by atoms with Crippen molar-refractivity contribution in [2.45, 2.75) is 32.6 Å². The molecule has 2 aromatic heterocycles. The SMILES string of the molecule is CC(C)[C@@H]1Nc2nc(nc3ccccc23)CN2CCN(C(=O)c3cccnc3)CC2NC1=O. The number of nitrogens with zero attached hydrogens (tertiary/aromatic N) is 5. The molecule has 2 N–H and O–H groups in total. The van der Waals surface area contributed by atoms with Crippen molar-refractivity contribution in [1.29, 1.82) is 0 Å². The van der Waals surface area contributed by atoms with Crippen molar-refractivity contribution in [1.82, 2.24) is 30.1 Å². The van der Waals surface area contributed by atoms with E-state index < -0.39 is 6.04 Å². The zero-order valence-electron chi connectivity index (χ0n) is 18.7. The zero-order chi connectivity index (χ0) is 22.9. The Balaban J connectivity index is 1.49. The molecule has 2 amide bonds. The molecule has 0 aliphatic carbocycles. The quantitative estimate of drug-likeness (QED) is 0.621. The summed E-state index contributed by atoms with van der Waals surface area (Å²) in [6.45, 7) is 6.01. The molecule has 1 aromatic carbocycles. The van der Waals surface area contributed by atoms with E-state index in [2.05, 4.69) is 20.5 Å². The third kappa shape index (κ3) is 4.23. The lowest BCUT2D eigenvalue weighted by Crippen LogP contribution is -2.63. The molecular formula is C24H27N7O2. The smallest absolute Gasteiger partial charge is 0.255 e. The fourth-order valence-electron chi connectivity index (χ4n) is 4.43. The Morgan fingerprint density at radius 2 is 1.94 bits per heavy atom. The predicted octanol–water partition coefficient (Wildman–Crippen LogP) is 1.88. The van der Waals surface area contributed by atoms with Gasteiger partial charge in [0.1, 0.15) is 23.8 Å². The van der Waals surface area contributed by atoms with Gasteiger partial charge in [0.2, 0.25) is 5.91 Å². The third-order valence-electron chi connectivity index (χ3n) is 6.23. The fourth-order valence-corrected chi connectivity index (χ4v) is 4.43. The van der Waals surface area contributed by atoms with Gasteiger partial charge in [-0.15, -0.1) is 0 Å². The van der Waals surface area contributed by atoms with Gasteiger partial charge in [-0.25, -0.2) is 9.97 Å². The normalized spacial score (nSPS) is 21.3. The van der Waals surface area contributed by atoms with Crippen molar-refractivity contribution in [3.05, 3.63) is 60.2 Å². The molecule has 2 bridgehead atoms. The minimum Gasteiger partial charge on any atom is -0.358 e. The van der Waals surface area contributed by atoms with Gasteiger partial charge in [-0.1, -0.05) is 26.0 Å². The highest BCUT2D eigenvalue weighted by Gasteiger charge is 2.35. The molecule has 9 heteroatoms. The Labute approximate surface area is 192 Å². The van der Waals surface area contributed by atoms with E-state index in [4.69, 9.17) is 9.97 Å². The summed E-state index contributed by atoms with van der Waals surface area (Å²) in [4.78, 5) is 43.9. The number of amides is 2. The highest BCUT2D eigenvalue weighted by Crippen LogP contribution is 2.25. The van der Waals surface area contributed by atoms with Gasteiger partial charge < -0.3 is 15.5 Å². The molecule has 2 atom stereocenters. The van der Waals surface area contributed by atoms with E-state index in [0.717, 1.165) is 10.9 Å². The third-order valence-corrected chi connectivity index (χ3v) is 6.23. The van der Waals surface area contributed by atoms with Gasteiger partial charge in [0.25, 0.3) is 5.91 Å². The minimum atomic E-state index is -0.472. The van der Waals surface area contributed by atoms with Crippen LogP contribution in [0.3, 0.4) is 0 Å². The lowest BCUT2D eigenvalue weighted by atomic mass is 10.0. The molecule has 1 saturated heterocycles. The number of carbonyl (C=O) groups excluding carboxylic acids is 2. The number of benzene rings is 1. The molecular weight excluding hydrogens is 418 g/mol. The van der Waals surface area contributed by atoms with Crippen molar-refractivity contribution >= 4 is 28.5 Å². The van der Waals surface area contributed by atoms with Crippen LogP contribution in [-0.4, -0.2) is 68.4 Å². The molecule has 2 aliphatic heterocycles. The molecule has 0 spiro atoms. The van der Waals surface area contributed by atoms with Crippen molar-refractivity contribution in [2.75, 3.05) is 25.0 Å². The molecule has 5 rings (SSSR count). The van der Waals surface area contributed by atoms with Crippen LogP contribution in [0.15, 0.2) is 48.8 Å². The average Bonchev–Trinajstić information content (AvgIpc) is 2.83. The van der Waals surface area contributed by atoms with Gasteiger partial charge in [0.15, 0.2) is 0 Å². The van der Waals surface area contributed by atoms with Gasteiger partial charge in [-0.2, -0.15) is 0 Å². The summed E-state index contributed by atoms with van der Waals surface area (Å²) in [5, 5.41) is 7.43. The van der Waals surface area contributed by atoms with Crippen LogP contribution in [0.1, 0.15) is 30.0 Å². The minimum absolute atomic E-state index is 0.0340. The molecule has 9 nitrogen and oxygen atoms in total. The molecule has 33 heavy (non-hydrogen) atoms. The van der Waals surface area contributed by atoms with Crippen LogP contribution in [0.5, 0.6) is 0 Å². The standard InChI is InChI=1S/C24H27N7O2/c1-15(2)21-23(32)28-20-14-31(24(33)16-6-5-9-25-12-16)11-10-30(20)13-19-26-18-8-4-3-7-17(18)22(27-19)29-21/h3-9,12,15,20-21H,10-11,13-14H2,1-2H3,(H,28,32)(H,26,27,29)/t20?,21-/m0/s1. The summed E-state index contributed by atoms with van der Waals surface area (Å²) >= 11 is 0.